The Balaban J connectivity index is 0.000000234. The van der Waals surface area contributed by atoms with Gasteiger partial charge in [0, 0.05) is 43.8 Å². The van der Waals surface area contributed by atoms with Gasteiger partial charge >= 0.3 is 0 Å². The van der Waals surface area contributed by atoms with E-state index < -0.39 is 40.6 Å². The van der Waals surface area contributed by atoms with Crippen LogP contribution in [-0.4, -0.2) is 49.4 Å². The molecule has 3 heterocycles. The molecule has 1 aliphatic heterocycles. The maximum absolute atomic E-state index is 14.7. The first kappa shape index (κ1) is 27.9. The second kappa shape index (κ2) is 11.1. The second-order valence-corrected chi connectivity index (χ2v) is 9.61. The molecule has 4 aromatic rings. The van der Waals surface area contributed by atoms with Crippen molar-refractivity contribution in [3.63, 3.8) is 0 Å². The number of amides is 1. The molecule has 41 heavy (non-hydrogen) atoms. The number of hydrogen-bond donors (Lipinski definition) is 1. The van der Waals surface area contributed by atoms with Crippen molar-refractivity contribution >= 4 is 28.5 Å². The van der Waals surface area contributed by atoms with Gasteiger partial charge in [0.2, 0.25) is 23.2 Å². The number of rotatable bonds is 5. The fourth-order valence-electron chi connectivity index (χ4n) is 4.40. The van der Waals surface area contributed by atoms with Crippen LogP contribution >= 0.6 is 0 Å². The molecule has 2 fully saturated rings. The van der Waals surface area contributed by atoms with E-state index in [0.29, 0.717) is 11.0 Å². The molecule has 14 heteroatoms. The Bertz CT molecular complexity index is 1640. The van der Waals surface area contributed by atoms with Crippen molar-refractivity contribution in [1.82, 2.24) is 24.6 Å². The van der Waals surface area contributed by atoms with Gasteiger partial charge in [0.1, 0.15) is 29.4 Å². The van der Waals surface area contributed by atoms with Crippen molar-refractivity contribution in [1.29, 1.82) is 0 Å². The average Bonchev–Trinajstić information content (AvgIpc) is 3.54. The van der Waals surface area contributed by atoms with Crippen molar-refractivity contribution in [2.45, 2.75) is 25.7 Å². The Hall–Kier alpha value is -4.62. The normalized spacial score (nSPS) is 14.6. The molecule has 9 nitrogen and oxygen atoms in total. The Kier molecular flexibility index (Phi) is 7.56. The summed E-state index contributed by atoms with van der Waals surface area (Å²) in [6.07, 6.45) is 5.21. The minimum atomic E-state index is -1.74. The number of likely N-dealkylation sites (tertiary alicyclic amines) is 1. The smallest absolute Gasteiger partial charge is 0.290 e. The van der Waals surface area contributed by atoms with Crippen LogP contribution < -0.4 is 10.5 Å². The van der Waals surface area contributed by atoms with Gasteiger partial charge in [-0.05, 0) is 37.8 Å². The Labute approximate surface area is 229 Å². The topological polar surface area (TPSA) is 116 Å². The molecule has 0 bridgehead atoms. The summed E-state index contributed by atoms with van der Waals surface area (Å²) in [5.74, 6) is -9.58. The minimum absolute atomic E-state index is 0.0178. The molecule has 0 unspecified atom stereocenters. The Morgan fingerprint density at radius 2 is 1.61 bits per heavy atom. The van der Waals surface area contributed by atoms with Crippen LogP contribution in [0.1, 0.15) is 25.7 Å². The van der Waals surface area contributed by atoms with Crippen LogP contribution in [0.2, 0.25) is 0 Å². The molecule has 2 aromatic heterocycles. The van der Waals surface area contributed by atoms with Crippen LogP contribution in [0.25, 0.3) is 22.3 Å². The number of carbonyl (C=O) groups excluding carboxylic acids is 2. The van der Waals surface area contributed by atoms with E-state index >= 15 is 0 Å². The van der Waals surface area contributed by atoms with Crippen LogP contribution in [0.15, 0.2) is 30.6 Å². The van der Waals surface area contributed by atoms with Crippen LogP contribution in [0.5, 0.6) is 11.5 Å². The molecular formula is C27H23F5N6O3. The number of carbonyl (C=O) groups is 2. The van der Waals surface area contributed by atoms with Crippen molar-refractivity contribution < 1.29 is 36.3 Å². The lowest BCUT2D eigenvalue weighted by molar-refractivity contribution is -0.144. The van der Waals surface area contributed by atoms with Gasteiger partial charge in [-0.1, -0.05) is 0 Å². The number of hydrogen-bond acceptors (Lipinski definition) is 7. The Morgan fingerprint density at radius 1 is 0.951 bits per heavy atom. The minimum Gasteiger partial charge on any atom is -0.451 e. The summed E-state index contributed by atoms with van der Waals surface area (Å²) in [6, 6.07) is 3.20. The first-order valence-corrected chi connectivity index (χ1v) is 12.6. The quantitative estimate of drug-likeness (QED) is 0.209. The fraction of sp³-hybridized carbons (Fsp3) is 0.296. The van der Waals surface area contributed by atoms with Crippen LogP contribution in [0.3, 0.4) is 0 Å². The van der Waals surface area contributed by atoms with E-state index in [1.807, 2.05) is 0 Å². The summed E-state index contributed by atoms with van der Waals surface area (Å²) in [4.78, 5) is 32.3. The largest absolute Gasteiger partial charge is 0.451 e. The SMILES string of the molecule is Cn1nc(-c2ccc(Oc3c(F)c(F)cc(F)c3F)cc2F)c2c(N)ncnc21.O=C(C(=O)N1CCCC1)C1CC1. The van der Waals surface area contributed by atoms with Crippen molar-refractivity contribution in [2.24, 2.45) is 13.0 Å². The number of benzene rings is 2. The molecule has 0 spiro atoms. The molecule has 1 saturated heterocycles. The van der Waals surface area contributed by atoms with E-state index in [2.05, 4.69) is 15.1 Å². The van der Waals surface area contributed by atoms with E-state index in [0.717, 1.165) is 50.9 Å². The summed E-state index contributed by atoms with van der Waals surface area (Å²) < 4.78 is 75.1. The Morgan fingerprint density at radius 3 is 2.22 bits per heavy atom. The number of halogens is 5. The number of anilines is 1. The number of aryl methyl sites for hydroxylation is 1. The lowest BCUT2D eigenvalue weighted by atomic mass is 10.1. The van der Waals surface area contributed by atoms with E-state index in [4.69, 9.17) is 10.5 Å². The number of Topliss-reactive ketones (excluding diaryl/α,β-unsaturated/α-hetero) is 1. The predicted molar refractivity (Wildman–Crippen MR) is 136 cm³/mol. The summed E-state index contributed by atoms with van der Waals surface area (Å²) in [7, 11) is 1.58. The average molecular weight is 575 g/mol. The first-order valence-electron chi connectivity index (χ1n) is 12.6. The monoisotopic (exact) mass is 574 g/mol. The molecule has 2 aliphatic rings. The van der Waals surface area contributed by atoms with Gasteiger partial charge in [0.25, 0.3) is 5.91 Å². The molecule has 1 saturated carbocycles. The van der Waals surface area contributed by atoms with Gasteiger partial charge in [0.15, 0.2) is 17.3 Å². The zero-order chi connectivity index (χ0) is 29.4. The highest BCUT2D eigenvalue weighted by molar-refractivity contribution is 6.37. The van der Waals surface area contributed by atoms with E-state index in [1.54, 1.807) is 11.9 Å². The molecule has 6 rings (SSSR count). The summed E-state index contributed by atoms with van der Waals surface area (Å²) in [5.41, 5.74) is 6.33. The fourth-order valence-corrected chi connectivity index (χ4v) is 4.40. The standard InChI is InChI=1S/C18H10F5N5O.C9H13NO2/c1-28-18-12(17(24)25-6-26-18)15(27-28)8-3-2-7(4-9(8)19)29-16-13(22)10(20)5-11(21)14(16)23;11-8(7-3-4-7)9(12)10-5-1-2-6-10/h2-6H,1H3,(H2,24,25,26);7H,1-6H2. The molecule has 2 N–H and O–H groups in total. The number of ether oxygens (including phenoxy) is 1. The van der Waals surface area contributed by atoms with E-state index in [-0.39, 0.29) is 40.7 Å². The zero-order valence-corrected chi connectivity index (χ0v) is 21.6. The third-order valence-electron chi connectivity index (χ3n) is 6.69. The molecule has 1 amide bonds. The predicted octanol–water partition coefficient (Wildman–Crippen LogP) is 4.69. The molecule has 2 aromatic carbocycles. The van der Waals surface area contributed by atoms with Crippen LogP contribution in [-0.2, 0) is 16.6 Å². The van der Waals surface area contributed by atoms with Gasteiger partial charge < -0.3 is 15.4 Å². The molecule has 1 aliphatic carbocycles. The van der Waals surface area contributed by atoms with E-state index in [9.17, 15) is 31.5 Å². The molecule has 214 valence electrons. The number of nitrogens with two attached hydrogens (primary N) is 1. The lowest BCUT2D eigenvalue weighted by Gasteiger charge is -2.13. The van der Waals surface area contributed by atoms with Gasteiger partial charge in [-0.25, -0.2) is 27.8 Å². The van der Waals surface area contributed by atoms with Crippen LogP contribution in [0, 0.1) is 35.0 Å². The van der Waals surface area contributed by atoms with Crippen LogP contribution in [0.4, 0.5) is 27.8 Å². The number of ketones is 1. The zero-order valence-electron chi connectivity index (χ0n) is 21.6. The molecular weight excluding hydrogens is 551 g/mol. The highest BCUT2D eigenvalue weighted by Crippen LogP contribution is 2.36. The van der Waals surface area contributed by atoms with E-state index in [1.165, 1.54) is 17.1 Å². The number of aromatic nitrogens is 4. The highest BCUT2D eigenvalue weighted by Gasteiger charge is 2.37. The van der Waals surface area contributed by atoms with Gasteiger partial charge in [-0.2, -0.15) is 13.9 Å². The number of fused-ring (bicyclic) bond motifs is 1. The third kappa shape index (κ3) is 5.54. The second-order valence-electron chi connectivity index (χ2n) is 9.61. The molecule has 0 radical (unpaired) electrons. The maximum atomic E-state index is 14.7. The van der Waals surface area contributed by atoms with Gasteiger partial charge in [0.05, 0.1) is 5.39 Å². The summed E-state index contributed by atoms with van der Waals surface area (Å²) in [6.45, 7) is 1.58. The number of nitrogens with zero attached hydrogens (tertiary/aromatic N) is 5. The number of nitrogen functional groups attached to an aromatic ring is 1. The first-order chi connectivity index (χ1) is 19.6. The van der Waals surface area contributed by atoms with Gasteiger partial charge in [-0.3, -0.25) is 9.59 Å². The van der Waals surface area contributed by atoms with Crippen molar-refractivity contribution in [3.05, 3.63) is 59.7 Å². The highest BCUT2D eigenvalue weighted by atomic mass is 19.2. The summed E-state index contributed by atoms with van der Waals surface area (Å²) >= 11 is 0. The maximum Gasteiger partial charge on any atom is 0.290 e. The third-order valence-corrected chi connectivity index (χ3v) is 6.69. The lowest BCUT2D eigenvalue weighted by Crippen LogP contribution is -2.34. The molecule has 0 atom stereocenters. The van der Waals surface area contributed by atoms with Gasteiger partial charge in [-0.15, -0.1) is 0 Å². The van der Waals surface area contributed by atoms with Crippen molar-refractivity contribution in [3.8, 4) is 22.8 Å². The van der Waals surface area contributed by atoms with Crippen molar-refractivity contribution in [2.75, 3.05) is 18.8 Å². The summed E-state index contributed by atoms with van der Waals surface area (Å²) in [5, 5.41) is 4.49.